The summed E-state index contributed by atoms with van der Waals surface area (Å²) in [6.07, 6.45) is 1.79. The highest BCUT2D eigenvalue weighted by atomic mass is 35.5. The van der Waals surface area contributed by atoms with Crippen molar-refractivity contribution in [1.29, 1.82) is 0 Å². The lowest BCUT2D eigenvalue weighted by molar-refractivity contribution is -0.126. The fourth-order valence-electron chi connectivity index (χ4n) is 5.14. The van der Waals surface area contributed by atoms with E-state index in [1.54, 1.807) is 0 Å². The lowest BCUT2D eigenvalue weighted by Crippen LogP contribution is -2.40. The van der Waals surface area contributed by atoms with Crippen LogP contribution in [0.15, 0.2) is 78.9 Å². The minimum atomic E-state index is 0.0911. The Balaban J connectivity index is 1.22. The highest BCUT2D eigenvalue weighted by molar-refractivity contribution is 6.30. The van der Waals surface area contributed by atoms with Crippen LogP contribution in [0.2, 0.25) is 5.02 Å². The van der Waals surface area contributed by atoms with Gasteiger partial charge in [0.05, 0.1) is 0 Å². The zero-order valence-corrected chi connectivity index (χ0v) is 21.0. The number of piperidine rings is 1. The van der Waals surface area contributed by atoms with Crippen LogP contribution < -0.4 is 5.32 Å². The van der Waals surface area contributed by atoms with Gasteiger partial charge in [0, 0.05) is 41.8 Å². The summed E-state index contributed by atoms with van der Waals surface area (Å²) in [4.78, 5) is 15.3. The number of hydrogen-bond donors (Lipinski definition) is 1. The van der Waals surface area contributed by atoms with Gasteiger partial charge in [-0.3, -0.25) is 9.69 Å². The summed E-state index contributed by atoms with van der Waals surface area (Å²) < 4.78 is 2.40. The number of halogens is 1. The zero-order valence-electron chi connectivity index (χ0n) is 20.2. The van der Waals surface area contributed by atoms with Gasteiger partial charge >= 0.3 is 0 Å². The van der Waals surface area contributed by atoms with Crippen LogP contribution in [-0.4, -0.2) is 28.5 Å². The standard InChI is InChI=1S/C30H32ClN3O/c1-22-6-4-7-23(16-22)19-32-30(35)25-12-14-33(15-13-25)21-28-18-26-9-2-3-11-29(26)34(28)20-24-8-5-10-27(31)17-24/h2-11,16-18,25H,12-15,19-21H2,1H3,(H,32,35). The zero-order chi connectivity index (χ0) is 24.2. The van der Waals surface area contributed by atoms with Crippen molar-refractivity contribution < 1.29 is 4.79 Å². The van der Waals surface area contributed by atoms with Crippen molar-refractivity contribution in [3.8, 4) is 0 Å². The molecule has 0 spiro atoms. The van der Waals surface area contributed by atoms with Crippen LogP contribution in [0.1, 0.15) is 35.2 Å². The van der Waals surface area contributed by atoms with Gasteiger partial charge < -0.3 is 9.88 Å². The molecule has 0 aliphatic carbocycles. The number of benzene rings is 3. The van der Waals surface area contributed by atoms with E-state index in [1.807, 2.05) is 24.3 Å². The van der Waals surface area contributed by atoms with E-state index >= 15 is 0 Å². The van der Waals surface area contributed by atoms with Crippen molar-refractivity contribution in [2.24, 2.45) is 5.92 Å². The number of carbonyl (C=O) groups is 1. The van der Waals surface area contributed by atoms with Crippen LogP contribution >= 0.6 is 11.6 Å². The molecule has 5 rings (SSSR count). The molecule has 35 heavy (non-hydrogen) atoms. The molecule has 180 valence electrons. The van der Waals surface area contributed by atoms with Gasteiger partial charge in [0.1, 0.15) is 0 Å². The molecule has 2 heterocycles. The summed E-state index contributed by atoms with van der Waals surface area (Å²) in [5.74, 6) is 0.273. The van der Waals surface area contributed by atoms with Gasteiger partial charge in [0.25, 0.3) is 0 Å². The molecule has 0 saturated carbocycles. The number of amides is 1. The number of rotatable bonds is 7. The summed E-state index contributed by atoms with van der Waals surface area (Å²) in [6.45, 7) is 6.22. The largest absolute Gasteiger partial charge is 0.352 e. The molecule has 0 bridgehead atoms. The van der Waals surface area contributed by atoms with E-state index in [4.69, 9.17) is 11.6 Å². The van der Waals surface area contributed by atoms with Gasteiger partial charge in [0.2, 0.25) is 5.91 Å². The maximum absolute atomic E-state index is 12.8. The monoisotopic (exact) mass is 485 g/mol. The second kappa shape index (κ2) is 10.7. The normalized spacial score (nSPS) is 14.9. The Morgan fingerprint density at radius 2 is 1.69 bits per heavy atom. The molecular weight excluding hydrogens is 454 g/mol. The highest BCUT2D eigenvalue weighted by Crippen LogP contribution is 2.25. The molecule has 3 aromatic carbocycles. The average Bonchev–Trinajstić information content (AvgIpc) is 3.20. The molecule has 1 N–H and O–H groups in total. The van der Waals surface area contributed by atoms with E-state index in [0.717, 1.165) is 49.6 Å². The minimum absolute atomic E-state index is 0.0911. The van der Waals surface area contributed by atoms with Crippen LogP contribution in [0.3, 0.4) is 0 Å². The summed E-state index contributed by atoms with van der Waals surface area (Å²) in [7, 11) is 0. The number of fused-ring (bicyclic) bond motifs is 1. The third kappa shape index (κ3) is 5.77. The number of hydrogen-bond acceptors (Lipinski definition) is 2. The van der Waals surface area contributed by atoms with E-state index in [1.165, 1.54) is 27.7 Å². The third-order valence-corrected chi connectivity index (χ3v) is 7.25. The van der Waals surface area contributed by atoms with Crippen molar-refractivity contribution in [3.05, 3.63) is 106 Å². The van der Waals surface area contributed by atoms with Crippen LogP contribution in [0.25, 0.3) is 10.9 Å². The van der Waals surface area contributed by atoms with Crippen molar-refractivity contribution >= 4 is 28.4 Å². The third-order valence-electron chi connectivity index (χ3n) is 7.02. The molecule has 1 amide bonds. The van der Waals surface area contributed by atoms with Gasteiger partial charge in [-0.05, 0) is 73.6 Å². The van der Waals surface area contributed by atoms with Crippen molar-refractivity contribution in [2.75, 3.05) is 13.1 Å². The molecule has 1 aliphatic heterocycles. The molecule has 1 fully saturated rings. The Kier molecular flexibility index (Phi) is 7.21. The Morgan fingerprint density at radius 1 is 0.914 bits per heavy atom. The predicted molar refractivity (Wildman–Crippen MR) is 144 cm³/mol. The SMILES string of the molecule is Cc1cccc(CNC(=O)C2CCN(Cc3cc4ccccc4n3Cc3cccc(Cl)c3)CC2)c1. The van der Waals surface area contributed by atoms with Gasteiger partial charge in [-0.2, -0.15) is 0 Å². The molecule has 4 nitrogen and oxygen atoms in total. The second-order valence-electron chi connectivity index (χ2n) is 9.67. The van der Waals surface area contributed by atoms with E-state index in [-0.39, 0.29) is 11.8 Å². The van der Waals surface area contributed by atoms with Crippen molar-refractivity contribution in [3.63, 3.8) is 0 Å². The van der Waals surface area contributed by atoms with Crippen molar-refractivity contribution in [2.45, 2.75) is 39.4 Å². The molecule has 0 radical (unpaired) electrons. The molecule has 4 aromatic rings. The van der Waals surface area contributed by atoms with Gasteiger partial charge in [-0.15, -0.1) is 0 Å². The second-order valence-corrected chi connectivity index (χ2v) is 10.1. The number of carbonyl (C=O) groups excluding carboxylic acids is 1. The number of nitrogens with one attached hydrogen (secondary N) is 1. The molecule has 1 saturated heterocycles. The van der Waals surface area contributed by atoms with Crippen LogP contribution in [-0.2, 0) is 24.4 Å². The molecule has 0 atom stereocenters. The van der Waals surface area contributed by atoms with E-state index in [9.17, 15) is 4.79 Å². The quantitative estimate of drug-likeness (QED) is 0.339. The lowest BCUT2D eigenvalue weighted by Gasteiger charge is -2.31. The van der Waals surface area contributed by atoms with E-state index < -0.39 is 0 Å². The first-order valence-corrected chi connectivity index (χ1v) is 12.8. The Bertz CT molecular complexity index is 1320. The van der Waals surface area contributed by atoms with Crippen LogP contribution in [0.4, 0.5) is 0 Å². The van der Waals surface area contributed by atoms with E-state index in [2.05, 4.69) is 76.3 Å². The first kappa shape index (κ1) is 23.7. The number of aryl methyl sites for hydroxylation is 1. The average molecular weight is 486 g/mol. The molecule has 5 heteroatoms. The summed E-state index contributed by atoms with van der Waals surface area (Å²) in [5.41, 5.74) is 6.12. The maximum Gasteiger partial charge on any atom is 0.223 e. The molecule has 1 aliphatic rings. The number of nitrogens with zero attached hydrogens (tertiary/aromatic N) is 2. The first-order chi connectivity index (χ1) is 17.0. The van der Waals surface area contributed by atoms with E-state index in [0.29, 0.717) is 6.54 Å². The summed E-state index contributed by atoms with van der Waals surface area (Å²) in [6, 6.07) is 27.3. The predicted octanol–water partition coefficient (Wildman–Crippen LogP) is 6.18. The fourth-order valence-corrected chi connectivity index (χ4v) is 5.35. The Hall–Kier alpha value is -3.08. The Labute approximate surface area is 212 Å². The molecule has 1 aromatic heterocycles. The molecular formula is C30H32ClN3O. The van der Waals surface area contributed by atoms with Gasteiger partial charge in [-0.1, -0.05) is 71.8 Å². The maximum atomic E-state index is 12.8. The van der Waals surface area contributed by atoms with Gasteiger partial charge in [0.15, 0.2) is 0 Å². The smallest absolute Gasteiger partial charge is 0.223 e. The van der Waals surface area contributed by atoms with Gasteiger partial charge in [-0.25, -0.2) is 0 Å². The van der Waals surface area contributed by atoms with Crippen LogP contribution in [0, 0.1) is 12.8 Å². The topological polar surface area (TPSA) is 37.3 Å². The molecule has 0 unspecified atom stereocenters. The summed E-state index contributed by atoms with van der Waals surface area (Å²) in [5, 5.41) is 5.17. The lowest BCUT2D eigenvalue weighted by atomic mass is 9.95. The fraction of sp³-hybridized carbons (Fsp3) is 0.300. The number of likely N-dealkylation sites (tertiary alicyclic amines) is 1. The summed E-state index contributed by atoms with van der Waals surface area (Å²) >= 11 is 6.25. The number of aromatic nitrogens is 1. The minimum Gasteiger partial charge on any atom is -0.352 e. The van der Waals surface area contributed by atoms with Crippen LogP contribution in [0.5, 0.6) is 0 Å². The van der Waals surface area contributed by atoms with Crippen molar-refractivity contribution in [1.82, 2.24) is 14.8 Å². The number of para-hydroxylation sites is 1. The Morgan fingerprint density at radius 3 is 2.49 bits per heavy atom. The highest BCUT2D eigenvalue weighted by Gasteiger charge is 2.25. The first-order valence-electron chi connectivity index (χ1n) is 12.4.